The van der Waals surface area contributed by atoms with E-state index < -0.39 is 0 Å². The van der Waals surface area contributed by atoms with E-state index in [0.29, 0.717) is 18.0 Å². The highest BCUT2D eigenvalue weighted by molar-refractivity contribution is 7.71. The molecule has 0 bridgehead atoms. The Labute approximate surface area is 192 Å². The minimum Gasteiger partial charge on any atom is -0.283 e. The standard InChI is InChI=1S/C24H24ClN5S/c1-3-18-8-10-21(11-9-18)30-23(19-12-14-26-15-13-19)27-29(24(30)31)17-28(2)16-20-6-4-5-7-22(20)25/h4-15H,3,16-17H2,1-2H3. The fraction of sp³-hybridized carbons (Fsp3) is 0.208. The van der Waals surface area contributed by atoms with Crippen molar-refractivity contribution in [2.24, 2.45) is 0 Å². The summed E-state index contributed by atoms with van der Waals surface area (Å²) in [6.07, 6.45) is 4.53. The molecule has 0 aliphatic rings. The zero-order valence-electron chi connectivity index (χ0n) is 17.6. The first-order valence-corrected chi connectivity index (χ1v) is 11.0. The van der Waals surface area contributed by atoms with Crippen LogP contribution in [0.15, 0.2) is 73.1 Å². The molecule has 31 heavy (non-hydrogen) atoms. The van der Waals surface area contributed by atoms with Crippen LogP contribution < -0.4 is 0 Å². The van der Waals surface area contributed by atoms with Crippen molar-refractivity contribution in [3.05, 3.63) is 94.0 Å². The third-order valence-corrected chi connectivity index (χ3v) is 5.92. The topological polar surface area (TPSA) is 38.9 Å². The third-order valence-electron chi connectivity index (χ3n) is 5.15. The van der Waals surface area contributed by atoms with E-state index in [0.717, 1.165) is 34.1 Å². The van der Waals surface area contributed by atoms with Crippen molar-refractivity contribution in [1.82, 2.24) is 24.2 Å². The Balaban J connectivity index is 1.71. The number of pyridine rings is 1. The third kappa shape index (κ3) is 4.77. The molecule has 0 N–H and O–H groups in total. The van der Waals surface area contributed by atoms with Crippen molar-refractivity contribution in [3.63, 3.8) is 0 Å². The average Bonchev–Trinajstić information content (AvgIpc) is 3.12. The van der Waals surface area contributed by atoms with Crippen LogP contribution >= 0.6 is 23.8 Å². The zero-order chi connectivity index (χ0) is 21.8. The highest BCUT2D eigenvalue weighted by Crippen LogP contribution is 2.23. The van der Waals surface area contributed by atoms with Crippen LogP contribution in [-0.2, 0) is 19.6 Å². The van der Waals surface area contributed by atoms with Crippen molar-refractivity contribution in [2.45, 2.75) is 26.6 Å². The molecule has 4 aromatic rings. The Hall–Kier alpha value is -2.80. The lowest BCUT2D eigenvalue weighted by Gasteiger charge is -2.17. The Morgan fingerprint density at radius 1 is 1.00 bits per heavy atom. The van der Waals surface area contributed by atoms with Crippen molar-refractivity contribution >= 4 is 23.8 Å². The molecule has 0 fully saturated rings. The molecule has 0 spiro atoms. The maximum atomic E-state index is 6.34. The van der Waals surface area contributed by atoms with Gasteiger partial charge in [0.05, 0.1) is 6.67 Å². The van der Waals surface area contributed by atoms with E-state index in [1.807, 2.05) is 52.7 Å². The second-order valence-corrected chi connectivity index (χ2v) is 8.22. The van der Waals surface area contributed by atoms with E-state index in [1.54, 1.807) is 12.4 Å². The molecule has 0 aliphatic carbocycles. The average molecular weight is 450 g/mol. The van der Waals surface area contributed by atoms with Crippen LogP contribution in [0, 0.1) is 4.77 Å². The van der Waals surface area contributed by atoms with E-state index in [2.05, 4.69) is 41.1 Å². The summed E-state index contributed by atoms with van der Waals surface area (Å²) < 4.78 is 4.52. The van der Waals surface area contributed by atoms with Crippen molar-refractivity contribution < 1.29 is 0 Å². The molecule has 0 saturated carbocycles. The van der Waals surface area contributed by atoms with Gasteiger partial charge in [-0.2, -0.15) is 0 Å². The van der Waals surface area contributed by atoms with Crippen molar-refractivity contribution in [2.75, 3.05) is 7.05 Å². The fourth-order valence-corrected chi connectivity index (χ4v) is 3.98. The number of nitrogens with zero attached hydrogens (tertiary/aromatic N) is 5. The van der Waals surface area contributed by atoms with E-state index in [1.165, 1.54) is 5.56 Å². The fourth-order valence-electron chi connectivity index (χ4n) is 3.50. The van der Waals surface area contributed by atoms with Crippen molar-refractivity contribution in [1.29, 1.82) is 0 Å². The Kier molecular flexibility index (Phi) is 6.61. The molecule has 0 amide bonds. The van der Waals surface area contributed by atoms with E-state index >= 15 is 0 Å². The summed E-state index contributed by atoms with van der Waals surface area (Å²) in [7, 11) is 2.03. The van der Waals surface area contributed by atoms with Gasteiger partial charge in [0.25, 0.3) is 0 Å². The maximum Gasteiger partial charge on any atom is 0.204 e. The predicted octanol–water partition coefficient (Wildman–Crippen LogP) is 5.77. The molecule has 0 atom stereocenters. The highest BCUT2D eigenvalue weighted by Gasteiger charge is 2.16. The van der Waals surface area contributed by atoms with Crippen LogP contribution in [-0.4, -0.2) is 31.3 Å². The van der Waals surface area contributed by atoms with Crippen LogP contribution in [0.25, 0.3) is 17.1 Å². The molecular formula is C24H24ClN5S. The van der Waals surface area contributed by atoms with Crippen LogP contribution in [0.5, 0.6) is 0 Å². The second kappa shape index (κ2) is 9.56. The van der Waals surface area contributed by atoms with Gasteiger partial charge in [0.2, 0.25) is 4.77 Å². The van der Waals surface area contributed by atoms with Gasteiger partial charge in [-0.05, 0) is 67.1 Å². The van der Waals surface area contributed by atoms with Crippen molar-refractivity contribution in [3.8, 4) is 17.1 Å². The molecule has 2 heterocycles. The molecule has 7 heteroatoms. The number of benzene rings is 2. The van der Waals surface area contributed by atoms with Gasteiger partial charge in [-0.3, -0.25) is 14.5 Å². The molecule has 0 unspecified atom stereocenters. The quantitative estimate of drug-likeness (QED) is 0.336. The molecule has 4 rings (SSSR count). The predicted molar refractivity (Wildman–Crippen MR) is 128 cm³/mol. The first-order chi connectivity index (χ1) is 15.1. The van der Waals surface area contributed by atoms with Gasteiger partial charge in [-0.1, -0.05) is 48.9 Å². The van der Waals surface area contributed by atoms with Gasteiger partial charge in [0, 0.05) is 35.2 Å². The van der Waals surface area contributed by atoms with Gasteiger partial charge in [-0.25, -0.2) is 4.68 Å². The van der Waals surface area contributed by atoms with Crippen LogP contribution in [0.1, 0.15) is 18.1 Å². The van der Waals surface area contributed by atoms with Gasteiger partial charge in [0.15, 0.2) is 5.82 Å². The van der Waals surface area contributed by atoms with Crippen LogP contribution in [0.3, 0.4) is 0 Å². The SMILES string of the molecule is CCc1ccc(-n2c(-c3ccncc3)nn(CN(C)Cc3ccccc3Cl)c2=S)cc1. The minimum absolute atomic E-state index is 0.544. The van der Waals surface area contributed by atoms with Gasteiger partial charge in [0.1, 0.15) is 0 Å². The lowest BCUT2D eigenvalue weighted by atomic mass is 10.1. The molecule has 2 aromatic heterocycles. The second-order valence-electron chi connectivity index (χ2n) is 7.44. The van der Waals surface area contributed by atoms with E-state index in [-0.39, 0.29) is 0 Å². The molecule has 0 aliphatic heterocycles. The molecule has 0 saturated heterocycles. The summed E-state index contributed by atoms with van der Waals surface area (Å²) >= 11 is 12.2. The van der Waals surface area contributed by atoms with E-state index in [4.69, 9.17) is 28.9 Å². The zero-order valence-corrected chi connectivity index (χ0v) is 19.1. The number of aromatic nitrogens is 4. The number of rotatable bonds is 7. The molecule has 0 radical (unpaired) electrons. The normalized spacial score (nSPS) is 11.2. The van der Waals surface area contributed by atoms with Crippen LogP contribution in [0.4, 0.5) is 0 Å². The largest absolute Gasteiger partial charge is 0.283 e. The summed E-state index contributed by atoms with van der Waals surface area (Å²) in [4.78, 5) is 6.28. The molecule has 5 nitrogen and oxygen atoms in total. The molecule has 2 aromatic carbocycles. The summed E-state index contributed by atoms with van der Waals surface area (Å²) in [6, 6.07) is 20.2. The van der Waals surface area contributed by atoms with E-state index in [9.17, 15) is 0 Å². The minimum atomic E-state index is 0.544. The molecular weight excluding hydrogens is 426 g/mol. The Bertz CT molecular complexity index is 1210. The van der Waals surface area contributed by atoms with Crippen LogP contribution in [0.2, 0.25) is 5.02 Å². The Morgan fingerprint density at radius 3 is 2.39 bits per heavy atom. The summed E-state index contributed by atoms with van der Waals surface area (Å²) in [6.45, 7) is 3.39. The first kappa shape index (κ1) is 21.4. The summed E-state index contributed by atoms with van der Waals surface area (Å²) in [5.41, 5.74) is 4.32. The number of aryl methyl sites for hydroxylation is 1. The monoisotopic (exact) mass is 449 g/mol. The van der Waals surface area contributed by atoms with Gasteiger partial charge < -0.3 is 0 Å². The smallest absolute Gasteiger partial charge is 0.204 e. The maximum absolute atomic E-state index is 6.34. The Morgan fingerprint density at radius 2 is 1.71 bits per heavy atom. The molecule has 158 valence electrons. The van der Waals surface area contributed by atoms with Gasteiger partial charge >= 0.3 is 0 Å². The number of hydrogen-bond donors (Lipinski definition) is 0. The lowest BCUT2D eigenvalue weighted by Crippen LogP contribution is -2.22. The number of hydrogen-bond acceptors (Lipinski definition) is 4. The summed E-state index contributed by atoms with van der Waals surface area (Å²) in [5, 5.41) is 5.64. The first-order valence-electron chi connectivity index (χ1n) is 10.2. The summed E-state index contributed by atoms with van der Waals surface area (Å²) in [5.74, 6) is 0.794. The lowest BCUT2D eigenvalue weighted by molar-refractivity contribution is 0.244. The number of halogens is 1. The van der Waals surface area contributed by atoms with Gasteiger partial charge in [-0.15, -0.1) is 5.10 Å². The highest BCUT2D eigenvalue weighted by atomic mass is 35.5.